The maximum atomic E-state index is 12.7. The van der Waals surface area contributed by atoms with Gasteiger partial charge in [0.25, 0.3) is 0 Å². The molecule has 0 fully saturated rings. The molecule has 0 radical (unpaired) electrons. The molecule has 0 aromatic heterocycles. The van der Waals surface area contributed by atoms with Gasteiger partial charge in [0.15, 0.2) is 0 Å². The van der Waals surface area contributed by atoms with Crippen LogP contribution in [0.1, 0.15) is 30.5 Å². The van der Waals surface area contributed by atoms with Crippen molar-refractivity contribution < 1.29 is 33.3 Å². The Hall–Kier alpha value is -4.33. The molecular weight excluding hydrogens is 474 g/mol. The summed E-state index contributed by atoms with van der Waals surface area (Å²) in [6.07, 6.45) is -0.628. The fourth-order valence-electron chi connectivity index (χ4n) is 3.35. The number of methoxy groups -OCH3 is 1. The zero-order valence-electron chi connectivity index (χ0n) is 21.1. The molecule has 1 N–H and O–H groups in total. The van der Waals surface area contributed by atoms with Crippen molar-refractivity contribution in [3.63, 3.8) is 0 Å². The van der Waals surface area contributed by atoms with Gasteiger partial charge in [-0.25, -0.2) is 9.59 Å². The van der Waals surface area contributed by atoms with Gasteiger partial charge in [-0.05, 0) is 46.9 Å². The van der Waals surface area contributed by atoms with Gasteiger partial charge in [0, 0.05) is 0 Å². The van der Waals surface area contributed by atoms with Crippen LogP contribution in [0, 0.1) is 5.92 Å². The first-order valence-electron chi connectivity index (χ1n) is 11.9. The van der Waals surface area contributed by atoms with Gasteiger partial charge in [0.05, 0.1) is 13.5 Å². The number of hydrogen-bond donors (Lipinski definition) is 1. The van der Waals surface area contributed by atoms with Crippen LogP contribution in [-0.4, -0.2) is 31.2 Å². The fraction of sp³-hybridized carbons (Fsp3) is 0.276. The van der Waals surface area contributed by atoms with Gasteiger partial charge in [0.2, 0.25) is 0 Å². The van der Waals surface area contributed by atoms with Crippen molar-refractivity contribution in [1.29, 1.82) is 0 Å². The second-order valence-corrected chi connectivity index (χ2v) is 8.68. The minimum absolute atomic E-state index is 0.0772. The lowest BCUT2D eigenvalue weighted by Crippen LogP contribution is -2.46. The smallest absolute Gasteiger partial charge is 0.408 e. The highest BCUT2D eigenvalue weighted by molar-refractivity contribution is 5.83. The van der Waals surface area contributed by atoms with Crippen LogP contribution in [0.4, 0.5) is 4.79 Å². The summed E-state index contributed by atoms with van der Waals surface area (Å²) >= 11 is 0. The molecule has 8 nitrogen and oxygen atoms in total. The molecule has 3 rings (SSSR count). The maximum Gasteiger partial charge on any atom is 0.408 e. The molecule has 8 heteroatoms. The topological polar surface area (TPSA) is 100 Å². The lowest BCUT2D eigenvalue weighted by molar-refractivity contribution is -0.144. The Kier molecular flexibility index (Phi) is 10.1. The predicted octanol–water partition coefficient (Wildman–Crippen LogP) is 4.84. The van der Waals surface area contributed by atoms with E-state index in [2.05, 4.69) is 5.32 Å². The summed E-state index contributed by atoms with van der Waals surface area (Å²) in [6, 6.07) is 22.2. The minimum Gasteiger partial charge on any atom is -0.497 e. The third-order valence-electron chi connectivity index (χ3n) is 5.46. The molecule has 194 valence electrons. The summed E-state index contributed by atoms with van der Waals surface area (Å²) in [7, 11) is 1.59. The minimum atomic E-state index is -0.893. The quantitative estimate of drug-likeness (QED) is 0.294. The first kappa shape index (κ1) is 27.3. The maximum absolute atomic E-state index is 12.7. The Bertz CT molecular complexity index is 1160. The molecule has 0 saturated heterocycles. The number of benzene rings is 3. The van der Waals surface area contributed by atoms with Gasteiger partial charge in [-0.2, -0.15) is 0 Å². The lowest BCUT2D eigenvalue weighted by Gasteiger charge is -2.20. The third kappa shape index (κ3) is 9.00. The van der Waals surface area contributed by atoms with Crippen molar-refractivity contribution in [3.05, 3.63) is 95.6 Å². The summed E-state index contributed by atoms with van der Waals surface area (Å²) in [6.45, 7) is 3.85. The highest BCUT2D eigenvalue weighted by Gasteiger charge is 2.27. The van der Waals surface area contributed by atoms with Crippen LogP contribution in [0.25, 0.3) is 0 Å². The predicted molar refractivity (Wildman–Crippen MR) is 137 cm³/mol. The average Bonchev–Trinajstić information content (AvgIpc) is 2.91. The Labute approximate surface area is 216 Å². The van der Waals surface area contributed by atoms with Crippen LogP contribution < -0.4 is 14.8 Å². The number of amides is 1. The van der Waals surface area contributed by atoms with E-state index in [1.165, 1.54) is 0 Å². The molecule has 0 spiro atoms. The number of nitrogens with one attached hydrogen (secondary N) is 1. The summed E-state index contributed by atoms with van der Waals surface area (Å²) in [4.78, 5) is 37.1. The molecule has 0 heterocycles. The van der Waals surface area contributed by atoms with Crippen molar-refractivity contribution in [2.45, 2.75) is 39.5 Å². The normalized spacial score (nSPS) is 11.4. The molecule has 0 aliphatic carbocycles. The molecule has 3 aromatic rings. The van der Waals surface area contributed by atoms with E-state index in [0.29, 0.717) is 11.3 Å². The van der Waals surface area contributed by atoms with Crippen LogP contribution >= 0.6 is 0 Å². The van der Waals surface area contributed by atoms with E-state index in [1.807, 2.05) is 42.5 Å². The zero-order valence-corrected chi connectivity index (χ0v) is 21.1. The zero-order chi connectivity index (χ0) is 26.6. The number of carbonyl (C=O) groups is 3. The summed E-state index contributed by atoms with van der Waals surface area (Å²) in [5.74, 6) is -0.187. The summed E-state index contributed by atoms with van der Waals surface area (Å²) < 4.78 is 21.1. The monoisotopic (exact) mass is 505 g/mol. The van der Waals surface area contributed by atoms with E-state index in [-0.39, 0.29) is 31.5 Å². The van der Waals surface area contributed by atoms with Crippen molar-refractivity contribution in [1.82, 2.24) is 5.32 Å². The molecule has 0 unspecified atom stereocenters. The number of hydrogen-bond acceptors (Lipinski definition) is 7. The average molecular weight is 506 g/mol. The van der Waals surface area contributed by atoms with Crippen molar-refractivity contribution in [2.24, 2.45) is 5.92 Å². The van der Waals surface area contributed by atoms with Gasteiger partial charge in [-0.15, -0.1) is 0 Å². The molecule has 0 aliphatic rings. The first-order chi connectivity index (χ1) is 17.8. The highest BCUT2D eigenvalue weighted by atomic mass is 16.6. The highest BCUT2D eigenvalue weighted by Crippen LogP contribution is 2.16. The molecule has 0 aliphatic heterocycles. The van der Waals surface area contributed by atoms with Gasteiger partial charge in [-0.1, -0.05) is 68.4 Å². The number of ether oxygens (including phenoxy) is 4. The lowest BCUT2D eigenvalue weighted by atomic mass is 10.1. The van der Waals surface area contributed by atoms with Crippen LogP contribution in [0.2, 0.25) is 0 Å². The Morgan fingerprint density at radius 3 is 1.92 bits per heavy atom. The van der Waals surface area contributed by atoms with E-state index in [0.717, 1.165) is 16.9 Å². The Balaban J connectivity index is 1.46. The van der Waals surface area contributed by atoms with Crippen LogP contribution in [-0.2, 0) is 38.7 Å². The van der Waals surface area contributed by atoms with Gasteiger partial charge >= 0.3 is 18.0 Å². The van der Waals surface area contributed by atoms with Crippen molar-refractivity contribution in [2.75, 3.05) is 7.11 Å². The first-order valence-corrected chi connectivity index (χ1v) is 11.9. The van der Waals surface area contributed by atoms with E-state index >= 15 is 0 Å². The molecule has 1 amide bonds. The number of rotatable bonds is 11. The second-order valence-electron chi connectivity index (χ2n) is 8.68. The van der Waals surface area contributed by atoms with Gasteiger partial charge in [0.1, 0.15) is 30.8 Å². The van der Waals surface area contributed by atoms with E-state index in [1.54, 1.807) is 57.4 Å². The van der Waals surface area contributed by atoms with Gasteiger partial charge in [-0.3, -0.25) is 4.79 Å². The third-order valence-corrected chi connectivity index (χ3v) is 5.46. The Morgan fingerprint density at radius 2 is 1.30 bits per heavy atom. The fourth-order valence-corrected chi connectivity index (χ4v) is 3.35. The van der Waals surface area contributed by atoms with E-state index in [4.69, 9.17) is 18.9 Å². The summed E-state index contributed by atoms with van der Waals surface area (Å²) in [5, 5.41) is 2.57. The summed E-state index contributed by atoms with van der Waals surface area (Å²) in [5.41, 5.74) is 2.40. The van der Waals surface area contributed by atoms with Crippen molar-refractivity contribution in [3.8, 4) is 11.5 Å². The molecule has 0 saturated carbocycles. The molecule has 37 heavy (non-hydrogen) atoms. The van der Waals surface area contributed by atoms with E-state index in [9.17, 15) is 14.4 Å². The second kappa shape index (κ2) is 13.7. The Morgan fingerprint density at radius 1 is 0.730 bits per heavy atom. The number of esters is 2. The number of alkyl carbamates (subject to hydrolysis) is 1. The molecule has 3 aromatic carbocycles. The standard InChI is InChI=1S/C29H31NO7/c1-20(2)27(30-29(33)36-19-22-7-5-4-6-8-22)28(32)37-25-15-9-21(10-16-25)17-26(31)35-18-23-11-13-24(34-3)14-12-23/h4-16,20,27H,17-19H2,1-3H3,(H,30,33)/t27-/m0/s1. The SMILES string of the molecule is COc1ccc(COC(=O)Cc2ccc(OC(=O)[C@@H](NC(=O)OCc3ccccc3)C(C)C)cc2)cc1. The molecular formula is C29H31NO7. The van der Waals surface area contributed by atoms with Crippen LogP contribution in [0.3, 0.4) is 0 Å². The van der Waals surface area contributed by atoms with Crippen LogP contribution in [0.15, 0.2) is 78.9 Å². The van der Waals surface area contributed by atoms with Crippen LogP contribution in [0.5, 0.6) is 11.5 Å². The van der Waals surface area contributed by atoms with E-state index < -0.39 is 18.1 Å². The molecule has 0 bridgehead atoms. The number of carbonyl (C=O) groups excluding carboxylic acids is 3. The van der Waals surface area contributed by atoms with Crippen molar-refractivity contribution >= 4 is 18.0 Å². The molecule has 1 atom stereocenters. The van der Waals surface area contributed by atoms with Gasteiger partial charge < -0.3 is 24.3 Å². The largest absolute Gasteiger partial charge is 0.497 e.